The smallest absolute Gasteiger partial charge is 0.266 e. The molecule has 1 amide bonds. The van der Waals surface area contributed by atoms with Crippen LogP contribution in [0, 0.1) is 0 Å². The molecule has 2 aliphatic rings. The molecule has 0 radical (unpaired) electrons. The van der Waals surface area contributed by atoms with E-state index in [9.17, 15) is 9.59 Å². The Bertz CT molecular complexity index is 1240. The number of para-hydroxylation sites is 1. The minimum Gasteiger partial charge on any atom is -0.497 e. The number of carbonyl (C=O) groups is 1. The van der Waals surface area contributed by atoms with E-state index in [2.05, 4.69) is 0 Å². The summed E-state index contributed by atoms with van der Waals surface area (Å²) in [4.78, 5) is 34.5. The number of carbonyl (C=O) groups excluding carboxylic acids is 1. The van der Waals surface area contributed by atoms with E-state index in [-0.39, 0.29) is 16.7 Å². The molecule has 1 atom stereocenters. The van der Waals surface area contributed by atoms with Crippen LogP contribution in [0.3, 0.4) is 0 Å². The fraction of sp³-hybridized carbons (Fsp3) is 0.423. The van der Waals surface area contributed by atoms with E-state index in [4.69, 9.17) is 14.5 Å². The van der Waals surface area contributed by atoms with Gasteiger partial charge in [-0.3, -0.25) is 14.2 Å². The number of fused-ring (bicyclic) bond motifs is 1. The SMILES string of the molecule is COc1ccc(-n2c(SC(CN3CCCC3=O)C[NH+]3CCOCC3)nc3ccccc3c2=O)cc1. The predicted molar refractivity (Wildman–Crippen MR) is 136 cm³/mol. The van der Waals surface area contributed by atoms with Gasteiger partial charge in [0.1, 0.15) is 18.8 Å². The summed E-state index contributed by atoms with van der Waals surface area (Å²) in [6.07, 6.45) is 1.53. The topological polar surface area (TPSA) is 78.1 Å². The quantitative estimate of drug-likeness (QED) is 0.376. The highest BCUT2D eigenvalue weighted by Gasteiger charge is 2.29. The third-order valence-electron chi connectivity index (χ3n) is 6.66. The first-order valence-corrected chi connectivity index (χ1v) is 13.0. The van der Waals surface area contributed by atoms with Crippen LogP contribution in [0.15, 0.2) is 58.5 Å². The number of rotatable bonds is 8. The summed E-state index contributed by atoms with van der Waals surface area (Å²) in [7, 11) is 1.62. The third kappa shape index (κ3) is 5.37. The van der Waals surface area contributed by atoms with Crippen molar-refractivity contribution in [2.45, 2.75) is 23.2 Å². The van der Waals surface area contributed by atoms with Crippen molar-refractivity contribution in [3.63, 3.8) is 0 Å². The van der Waals surface area contributed by atoms with Gasteiger partial charge in [0.2, 0.25) is 5.91 Å². The molecule has 0 spiro atoms. The van der Waals surface area contributed by atoms with Crippen LogP contribution >= 0.6 is 11.8 Å². The number of methoxy groups -OCH3 is 1. The Kier molecular flexibility index (Phi) is 7.36. The van der Waals surface area contributed by atoms with Gasteiger partial charge in [-0.15, -0.1) is 0 Å². The van der Waals surface area contributed by atoms with Gasteiger partial charge in [0.15, 0.2) is 5.16 Å². The molecule has 9 heteroatoms. The molecule has 35 heavy (non-hydrogen) atoms. The van der Waals surface area contributed by atoms with Gasteiger partial charge in [-0.25, -0.2) is 4.98 Å². The average molecular weight is 496 g/mol. The van der Waals surface area contributed by atoms with E-state index in [1.165, 1.54) is 4.90 Å². The minimum absolute atomic E-state index is 0.0991. The third-order valence-corrected chi connectivity index (χ3v) is 7.79. The van der Waals surface area contributed by atoms with Crippen molar-refractivity contribution in [3.8, 4) is 11.4 Å². The summed E-state index contributed by atoms with van der Waals surface area (Å²) < 4.78 is 12.6. The lowest BCUT2D eigenvalue weighted by molar-refractivity contribution is -0.907. The Morgan fingerprint density at radius 3 is 2.60 bits per heavy atom. The maximum atomic E-state index is 13.7. The summed E-state index contributed by atoms with van der Waals surface area (Å²) >= 11 is 1.60. The lowest BCUT2D eigenvalue weighted by atomic mass is 10.2. The summed E-state index contributed by atoms with van der Waals surface area (Å²) in [6.45, 7) is 5.72. The van der Waals surface area contributed by atoms with Crippen LogP contribution in [0.5, 0.6) is 5.75 Å². The lowest BCUT2D eigenvalue weighted by Gasteiger charge is -2.30. The van der Waals surface area contributed by atoms with E-state index in [1.807, 2.05) is 53.4 Å². The zero-order chi connectivity index (χ0) is 24.2. The second-order valence-corrected chi connectivity index (χ2v) is 10.3. The molecule has 2 aliphatic heterocycles. The van der Waals surface area contributed by atoms with E-state index >= 15 is 0 Å². The summed E-state index contributed by atoms with van der Waals surface area (Å²) in [6, 6.07) is 14.9. The Morgan fingerprint density at radius 1 is 1.11 bits per heavy atom. The number of benzene rings is 2. The van der Waals surface area contributed by atoms with Crippen LogP contribution in [0.1, 0.15) is 12.8 Å². The van der Waals surface area contributed by atoms with Gasteiger partial charge in [-0.1, -0.05) is 23.9 Å². The van der Waals surface area contributed by atoms with Crippen LogP contribution in [-0.4, -0.2) is 78.7 Å². The molecule has 1 aromatic heterocycles. The number of thioether (sulfide) groups is 1. The molecular formula is C26H31N4O4S+. The van der Waals surface area contributed by atoms with Gasteiger partial charge in [0.25, 0.3) is 5.56 Å². The van der Waals surface area contributed by atoms with Gasteiger partial charge >= 0.3 is 0 Å². The Labute approximate surface area is 208 Å². The molecule has 3 aromatic rings. The number of hydrogen-bond acceptors (Lipinski definition) is 6. The largest absolute Gasteiger partial charge is 0.497 e. The standard InChI is InChI=1S/C26H30N4O4S/c1-33-20-10-8-19(9-11-20)30-25(32)22-5-2-3-6-23(22)27-26(30)35-21(17-28-13-15-34-16-14-28)18-29-12-4-7-24(29)31/h2-3,5-6,8-11,21H,4,7,12-18H2,1H3/p+1. The van der Waals surface area contributed by atoms with E-state index in [0.29, 0.717) is 29.0 Å². The van der Waals surface area contributed by atoms with Gasteiger partial charge in [-0.05, 0) is 42.8 Å². The fourth-order valence-electron chi connectivity index (χ4n) is 4.77. The molecule has 0 aliphatic carbocycles. The lowest BCUT2D eigenvalue weighted by Crippen LogP contribution is -3.15. The van der Waals surface area contributed by atoms with E-state index < -0.39 is 0 Å². The first-order valence-electron chi connectivity index (χ1n) is 12.1. The Morgan fingerprint density at radius 2 is 1.89 bits per heavy atom. The molecule has 2 saturated heterocycles. The predicted octanol–water partition coefficient (Wildman–Crippen LogP) is 1.39. The fourth-order valence-corrected chi connectivity index (χ4v) is 6.09. The van der Waals surface area contributed by atoms with Crippen molar-refractivity contribution < 1.29 is 19.2 Å². The van der Waals surface area contributed by atoms with Gasteiger partial charge in [0.05, 0.1) is 48.7 Å². The summed E-state index contributed by atoms with van der Waals surface area (Å²) in [5.74, 6) is 0.942. The molecule has 0 bridgehead atoms. The highest BCUT2D eigenvalue weighted by Crippen LogP contribution is 2.27. The first kappa shape index (κ1) is 23.8. The number of nitrogens with one attached hydrogen (secondary N) is 1. The molecule has 184 valence electrons. The number of amides is 1. The second-order valence-electron chi connectivity index (χ2n) is 9.00. The molecular weight excluding hydrogens is 464 g/mol. The van der Waals surface area contributed by atoms with Gasteiger partial charge in [-0.2, -0.15) is 0 Å². The molecule has 1 N–H and O–H groups in total. The van der Waals surface area contributed by atoms with Gasteiger partial charge < -0.3 is 19.3 Å². The maximum Gasteiger partial charge on any atom is 0.266 e. The van der Waals surface area contributed by atoms with E-state index in [0.717, 1.165) is 57.3 Å². The molecule has 5 rings (SSSR count). The van der Waals surface area contributed by atoms with Crippen LogP contribution in [0.25, 0.3) is 16.6 Å². The maximum absolute atomic E-state index is 13.7. The van der Waals surface area contributed by atoms with Crippen molar-refractivity contribution in [3.05, 3.63) is 58.9 Å². The van der Waals surface area contributed by atoms with E-state index in [1.54, 1.807) is 23.4 Å². The van der Waals surface area contributed by atoms with Crippen molar-refractivity contribution in [1.82, 2.24) is 14.5 Å². The normalized spacial score (nSPS) is 17.7. The number of likely N-dealkylation sites (tertiary alicyclic amines) is 1. The van der Waals surface area contributed by atoms with Crippen LogP contribution in [-0.2, 0) is 9.53 Å². The highest BCUT2D eigenvalue weighted by atomic mass is 32.2. The molecule has 3 heterocycles. The average Bonchev–Trinajstić information content (AvgIpc) is 3.29. The minimum atomic E-state index is -0.0991. The number of quaternary nitrogens is 1. The zero-order valence-electron chi connectivity index (χ0n) is 19.9. The Hall–Kier alpha value is -2.88. The molecule has 2 aromatic carbocycles. The second kappa shape index (κ2) is 10.8. The summed E-state index contributed by atoms with van der Waals surface area (Å²) in [5, 5.41) is 1.32. The van der Waals surface area contributed by atoms with Crippen LogP contribution in [0.4, 0.5) is 0 Å². The first-order chi connectivity index (χ1) is 17.1. The van der Waals surface area contributed by atoms with Crippen molar-refractivity contribution in [2.75, 3.05) is 53.0 Å². The molecule has 2 fully saturated rings. The molecule has 1 unspecified atom stereocenters. The van der Waals surface area contributed by atoms with Crippen molar-refractivity contribution >= 4 is 28.6 Å². The monoisotopic (exact) mass is 495 g/mol. The number of morpholine rings is 1. The number of nitrogens with zero attached hydrogens (tertiary/aromatic N) is 3. The molecule has 0 saturated carbocycles. The number of ether oxygens (including phenoxy) is 2. The number of aromatic nitrogens is 2. The van der Waals surface area contributed by atoms with Crippen LogP contribution in [0.2, 0.25) is 0 Å². The molecule has 8 nitrogen and oxygen atoms in total. The summed E-state index contributed by atoms with van der Waals surface area (Å²) in [5.41, 5.74) is 1.32. The zero-order valence-corrected chi connectivity index (χ0v) is 20.8. The Balaban J connectivity index is 1.53. The van der Waals surface area contributed by atoms with Crippen LogP contribution < -0.4 is 15.2 Å². The van der Waals surface area contributed by atoms with Crippen molar-refractivity contribution in [1.29, 1.82) is 0 Å². The van der Waals surface area contributed by atoms with Crippen molar-refractivity contribution in [2.24, 2.45) is 0 Å². The highest BCUT2D eigenvalue weighted by molar-refractivity contribution is 7.99. The number of hydrogen-bond donors (Lipinski definition) is 1. The van der Waals surface area contributed by atoms with Gasteiger partial charge in [0, 0.05) is 19.5 Å².